The van der Waals surface area contributed by atoms with Gasteiger partial charge in [-0.15, -0.1) is 0 Å². The van der Waals surface area contributed by atoms with E-state index in [0.29, 0.717) is 6.42 Å². The number of benzene rings is 1. The molecule has 1 atom stereocenters. The number of carbonyl (C=O) groups excluding carboxylic acids is 1. The number of rotatable bonds is 5. The Hall–Kier alpha value is -1.30. The van der Waals surface area contributed by atoms with Crippen LogP contribution in [0, 0.1) is 11.6 Å². The fourth-order valence-corrected chi connectivity index (χ4v) is 2.37. The molecule has 3 nitrogen and oxygen atoms in total. The van der Waals surface area contributed by atoms with Crippen LogP contribution >= 0.6 is 0 Å². The van der Waals surface area contributed by atoms with E-state index in [-0.39, 0.29) is 17.1 Å². The van der Waals surface area contributed by atoms with Crippen LogP contribution in [0.25, 0.3) is 0 Å². The van der Waals surface area contributed by atoms with E-state index in [2.05, 4.69) is 4.74 Å². The largest absolute Gasteiger partial charge is 0.469 e. The Kier molecular flexibility index (Phi) is 5.21. The second-order valence-electron chi connectivity index (χ2n) is 3.30. The summed E-state index contributed by atoms with van der Waals surface area (Å²) in [6, 6.07) is 2.80. The van der Waals surface area contributed by atoms with E-state index >= 15 is 0 Å². The van der Waals surface area contributed by atoms with E-state index in [1.165, 1.54) is 7.11 Å². The van der Waals surface area contributed by atoms with Crippen molar-refractivity contribution >= 4 is 16.8 Å². The molecule has 0 heterocycles. The Balaban J connectivity index is 2.58. The van der Waals surface area contributed by atoms with Gasteiger partial charge in [-0.25, -0.2) is 8.78 Å². The molecule has 1 aromatic rings. The first-order valence-corrected chi connectivity index (χ1v) is 6.26. The second-order valence-corrected chi connectivity index (χ2v) is 4.84. The van der Waals surface area contributed by atoms with Gasteiger partial charge in [0.2, 0.25) is 0 Å². The van der Waals surface area contributed by atoms with Crippen LogP contribution in [0.4, 0.5) is 8.78 Å². The van der Waals surface area contributed by atoms with Gasteiger partial charge in [-0.2, -0.15) is 0 Å². The first-order chi connectivity index (χ1) is 8.04. The summed E-state index contributed by atoms with van der Waals surface area (Å²) in [5, 5.41) is 0. The zero-order chi connectivity index (χ0) is 12.8. The molecule has 0 spiro atoms. The predicted octanol–water partition coefficient (Wildman–Crippen LogP) is 2.03. The number of ether oxygens (including phenoxy) is 1. The van der Waals surface area contributed by atoms with Crippen LogP contribution in [0.15, 0.2) is 23.1 Å². The Morgan fingerprint density at radius 2 is 2.12 bits per heavy atom. The monoisotopic (exact) mass is 262 g/mol. The van der Waals surface area contributed by atoms with Crippen LogP contribution in [0.2, 0.25) is 0 Å². The first kappa shape index (κ1) is 13.8. The van der Waals surface area contributed by atoms with Crippen molar-refractivity contribution in [2.24, 2.45) is 0 Å². The van der Waals surface area contributed by atoms with Gasteiger partial charge >= 0.3 is 5.97 Å². The third kappa shape index (κ3) is 4.22. The Labute approximate surface area is 100 Å². The number of carbonyl (C=O) groups is 1. The van der Waals surface area contributed by atoms with E-state index in [9.17, 15) is 17.8 Å². The van der Waals surface area contributed by atoms with Gasteiger partial charge in [-0.05, 0) is 24.6 Å². The van der Waals surface area contributed by atoms with Crippen LogP contribution in [-0.4, -0.2) is 23.0 Å². The average Bonchev–Trinajstić information content (AvgIpc) is 2.31. The molecular formula is C11H12F2O3S. The summed E-state index contributed by atoms with van der Waals surface area (Å²) in [6.45, 7) is 0. The van der Waals surface area contributed by atoms with Gasteiger partial charge in [0.25, 0.3) is 0 Å². The van der Waals surface area contributed by atoms with Gasteiger partial charge in [0.05, 0.1) is 22.8 Å². The Morgan fingerprint density at radius 3 is 2.76 bits per heavy atom. The maximum absolute atomic E-state index is 13.2. The van der Waals surface area contributed by atoms with Crippen molar-refractivity contribution in [1.82, 2.24) is 0 Å². The maximum Gasteiger partial charge on any atom is 0.305 e. The highest BCUT2D eigenvalue weighted by Gasteiger charge is 2.12. The van der Waals surface area contributed by atoms with E-state index in [4.69, 9.17) is 0 Å². The van der Waals surface area contributed by atoms with Gasteiger partial charge in [0.1, 0.15) is 11.6 Å². The molecule has 0 N–H and O–H groups in total. The van der Waals surface area contributed by atoms with Crippen molar-refractivity contribution < 1.29 is 22.5 Å². The summed E-state index contributed by atoms with van der Waals surface area (Å²) in [6.07, 6.45) is 0.411. The second kappa shape index (κ2) is 6.44. The predicted molar refractivity (Wildman–Crippen MR) is 58.9 cm³/mol. The maximum atomic E-state index is 13.2. The number of hydrogen-bond acceptors (Lipinski definition) is 3. The molecule has 0 aromatic heterocycles. The van der Waals surface area contributed by atoms with Crippen molar-refractivity contribution in [2.45, 2.75) is 17.7 Å². The van der Waals surface area contributed by atoms with E-state index < -0.39 is 28.4 Å². The van der Waals surface area contributed by atoms with E-state index in [1.807, 2.05) is 0 Å². The zero-order valence-electron chi connectivity index (χ0n) is 9.24. The first-order valence-electron chi connectivity index (χ1n) is 4.95. The summed E-state index contributed by atoms with van der Waals surface area (Å²) in [5.74, 6) is -1.66. The molecule has 0 aliphatic rings. The summed E-state index contributed by atoms with van der Waals surface area (Å²) < 4.78 is 42.1. The molecule has 0 fully saturated rings. The molecule has 0 aliphatic heterocycles. The minimum atomic E-state index is -1.65. The van der Waals surface area contributed by atoms with Gasteiger partial charge in [0.15, 0.2) is 0 Å². The number of esters is 1. The standard InChI is InChI=1S/C11H12F2O3S/c1-16-11(14)3-2-6-17(15)10-7-8(12)4-5-9(10)13/h4-5,7H,2-3,6H2,1H3. The lowest BCUT2D eigenvalue weighted by Crippen LogP contribution is -2.06. The van der Waals surface area contributed by atoms with Crippen LogP contribution < -0.4 is 0 Å². The Morgan fingerprint density at radius 1 is 1.41 bits per heavy atom. The molecule has 94 valence electrons. The molecule has 1 rings (SSSR count). The summed E-state index contributed by atoms with van der Waals surface area (Å²) in [5.41, 5.74) is 0. The topological polar surface area (TPSA) is 43.4 Å². The lowest BCUT2D eigenvalue weighted by atomic mass is 10.3. The molecule has 0 radical (unpaired) electrons. The highest BCUT2D eigenvalue weighted by Crippen LogP contribution is 2.15. The van der Waals surface area contributed by atoms with Crippen molar-refractivity contribution in [3.05, 3.63) is 29.8 Å². The fourth-order valence-electron chi connectivity index (χ4n) is 1.21. The number of methoxy groups -OCH3 is 1. The third-order valence-corrected chi connectivity index (χ3v) is 3.54. The molecule has 6 heteroatoms. The molecule has 0 bridgehead atoms. The third-order valence-electron chi connectivity index (χ3n) is 2.08. The quantitative estimate of drug-likeness (QED) is 0.762. The minimum absolute atomic E-state index is 0.0927. The highest BCUT2D eigenvalue weighted by atomic mass is 32.2. The molecule has 1 aromatic carbocycles. The number of hydrogen-bond donors (Lipinski definition) is 0. The molecule has 0 aliphatic carbocycles. The van der Waals surface area contributed by atoms with Crippen LogP contribution in [0.5, 0.6) is 0 Å². The summed E-state index contributed by atoms with van der Waals surface area (Å²) >= 11 is 0. The van der Waals surface area contributed by atoms with Crippen LogP contribution in [-0.2, 0) is 20.3 Å². The van der Waals surface area contributed by atoms with Crippen molar-refractivity contribution in [3.8, 4) is 0 Å². The SMILES string of the molecule is COC(=O)CCCS(=O)c1cc(F)ccc1F. The normalized spacial score (nSPS) is 12.2. The van der Waals surface area contributed by atoms with Gasteiger partial charge < -0.3 is 4.74 Å². The lowest BCUT2D eigenvalue weighted by Gasteiger charge is -2.03. The minimum Gasteiger partial charge on any atom is -0.469 e. The molecular weight excluding hydrogens is 250 g/mol. The van der Waals surface area contributed by atoms with E-state index in [1.54, 1.807) is 0 Å². The summed E-state index contributed by atoms with van der Waals surface area (Å²) in [7, 11) is -0.391. The highest BCUT2D eigenvalue weighted by molar-refractivity contribution is 7.85. The fraction of sp³-hybridized carbons (Fsp3) is 0.364. The van der Waals surface area contributed by atoms with Gasteiger partial charge in [-0.1, -0.05) is 0 Å². The van der Waals surface area contributed by atoms with Gasteiger partial charge in [-0.3, -0.25) is 9.00 Å². The van der Waals surface area contributed by atoms with Gasteiger partial charge in [0, 0.05) is 12.2 Å². The average molecular weight is 262 g/mol. The van der Waals surface area contributed by atoms with Crippen molar-refractivity contribution in [3.63, 3.8) is 0 Å². The van der Waals surface area contributed by atoms with Crippen LogP contribution in [0.1, 0.15) is 12.8 Å². The smallest absolute Gasteiger partial charge is 0.305 e. The number of halogens is 2. The molecule has 0 saturated heterocycles. The van der Waals surface area contributed by atoms with Crippen LogP contribution in [0.3, 0.4) is 0 Å². The molecule has 17 heavy (non-hydrogen) atoms. The Bertz CT molecular complexity index is 435. The van der Waals surface area contributed by atoms with Crippen molar-refractivity contribution in [2.75, 3.05) is 12.9 Å². The zero-order valence-corrected chi connectivity index (χ0v) is 10.1. The molecule has 0 saturated carbocycles. The van der Waals surface area contributed by atoms with E-state index in [0.717, 1.165) is 18.2 Å². The van der Waals surface area contributed by atoms with Crippen molar-refractivity contribution in [1.29, 1.82) is 0 Å². The lowest BCUT2D eigenvalue weighted by molar-refractivity contribution is -0.140. The summed E-state index contributed by atoms with van der Waals surface area (Å²) in [4.78, 5) is 10.6. The molecule has 1 unspecified atom stereocenters. The molecule has 0 amide bonds.